The molecule has 18 heavy (non-hydrogen) atoms. The van der Waals surface area contributed by atoms with E-state index in [2.05, 4.69) is 27.3 Å². The molecule has 0 atom stereocenters. The minimum absolute atomic E-state index is 0.891. The number of nitrogens with one attached hydrogen (secondary N) is 1. The van der Waals surface area contributed by atoms with Gasteiger partial charge in [0.2, 0.25) is 0 Å². The third-order valence-electron chi connectivity index (χ3n) is 3.53. The van der Waals surface area contributed by atoms with Crippen molar-refractivity contribution in [3.63, 3.8) is 0 Å². The number of aromatic nitrogens is 1. The minimum atomic E-state index is 0.891. The summed E-state index contributed by atoms with van der Waals surface area (Å²) in [4.78, 5) is 7.08. The topological polar surface area (TPSA) is 28.2 Å². The van der Waals surface area contributed by atoms with Crippen molar-refractivity contribution in [3.05, 3.63) is 29.6 Å². The van der Waals surface area contributed by atoms with Gasteiger partial charge in [0.1, 0.15) is 0 Å². The van der Waals surface area contributed by atoms with Crippen LogP contribution in [0.3, 0.4) is 0 Å². The summed E-state index contributed by atoms with van der Waals surface area (Å²) >= 11 is 0. The van der Waals surface area contributed by atoms with E-state index in [0.29, 0.717) is 0 Å². The zero-order valence-electron chi connectivity index (χ0n) is 11.5. The first kappa shape index (κ1) is 13.5. The number of hydrogen-bond donors (Lipinski definition) is 1. The lowest BCUT2D eigenvalue weighted by Crippen LogP contribution is -2.32. The van der Waals surface area contributed by atoms with E-state index in [1.165, 1.54) is 45.3 Å². The maximum atomic E-state index is 4.49. The maximum absolute atomic E-state index is 4.49. The highest BCUT2D eigenvalue weighted by Gasteiger charge is 2.08. The number of rotatable bonds is 6. The van der Waals surface area contributed by atoms with Crippen molar-refractivity contribution >= 4 is 0 Å². The molecule has 3 heteroatoms. The molecule has 100 valence electrons. The van der Waals surface area contributed by atoms with Crippen molar-refractivity contribution in [2.75, 3.05) is 26.2 Å². The van der Waals surface area contributed by atoms with Crippen LogP contribution in [0.15, 0.2) is 18.2 Å². The van der Waals surface area contributed by atoms with Gasteiger partial charge in [-0.15, -0.1) is 0 Å². The first-order valence-corrected chi connectivity index (χ1v) is 7.20. The lowest BCUT2D eigenvalue weighted by Gasteiger charge is -2.26. The van der Waals surface area contributed by atoms with E-state index in [0.717, 1.165) is 24.5 Å². The SMILES string of the molecule is Cc1cccc(CNCCCN2CCCCC2)n1. The van der Waals surface area contributed by atoms with Crippen molar-refractivity contribution < 1.29 is 0 Å². The van der Waals surface area contributed by atoms with Gasteiger partial charge >= 0.3 is 0 Å². The highest BCUT2D eigenvalue weighted by atomic mass is 15.1. The molecule has 1 fully saturated rings. The fourth-order valence-corrected chi connectivity index (χ4v) is 2.53. The first-order chi connectivity index (χ1) is 8.84. The Bertz CT molecular complexity index is 345. The molecule has 1 aliphatic heterocycles. The lowest BCUT2D eigenvalue weighted by atomic mass is 10.1. The molecular formula is C15H25N3. The predicted molar refractivity (Wildman–Crippen MR) is 75.6 cm³/mol. The van der Waals surface area contributed by atoms with Crippen molar-refractivity contribution in [2.24, 2.45) is 0 Å². The second-order valence-corrected chi connectivity index (χ2v) is 5.20. The molecular weight excluding hydrogens is 222 g/mol. The van der Waals surface area contributed by atoms with Gasteiger partial charge < -0.3 is 10.2 Å². The zero-order valence-corrected chi connectivity index (χ0v) is 11.5. The van der Waals surface area contributed by atoms with Crippen LogP contribution in [0.1, 0.15) is 37.1 Å². The van der Waals surface area contributed by atoms with Crippen LogP contribution in [-0.4, -0.2) is 36.1 Å². The van der Waals surface area contributed by atoms with Crippen LogP contribution in [0.25, 0.3) is 0 Å². The van der Waals surface area contributed by atoms with Gasteiger partial charge in [-0.05, 0) is 64.5 Å². The Hall–Kier alpha value is -0.930. The average molecular weight is 247 g/mol. The molecule has 0 radical (unpaired) electrons. The molecule has 2 heterocycles. The third kappa shape index (κ3) is 4.75. The molecule has 3 nitrogen and oxygen atoms in total. The van der Waals surface area contributed by atoms with Crippen LogP contribution in [-0.2, 0) is 6.54 Å². The van der Waals surface area contributed by atoms with Crippen LogP contribution in [0.4, 0.5) is 0 Å². The molecule has 2 rings (SSSR count). The fraction of sp³-hybridized carbons (Fsp3) is 0.667. The van der Waals surface area contributed by atoms with E-state index in [9.17, 15) is 0 Å². The summed E-state index contributed by atoms with van der Waals surface area (Å²) in [6.07, 6.45) is 5.45. The smallest absolute Gasteiger partial charge is 0.0544 e. The normalized spacial score (nSPS) is 16.9. The van der Waals surface area contributed by atoms with Crippen LogP contribution < -0.4 is 5.32 Å². The largest absolute Gasteiger partial charge is 0.311 e. The second-order valence-electron chi connectivity index (χ2n) is 5.20. The average Bonchev–Trinajstić information content (AvgIpc) is 2.40. The number of piperidine rings is 1. The molecule has 0 aliphatic carbocycles. The number of nitrogens with zero attached hydrogens (tertiary/aromatic N) is 2. The second kappa shape index (κ2) is 7.49. The molecule has 0 unspecified atom stereocenters. The number of hydrogen-bond acceptors (Lipinski definition) is 3. The van der Waals surface area contributed by atoms with E-state index >= 15 is 0 Å². The van der Waals surface area contributed by atoms with Gasteiger partial charge in [0.25, 0.3) is 0 Å². The summed E-state index contributed by atoms with van der Waals surface area (Å²) < 4.78 is 0. The van der Waals surface area contributed by atoms with Gasteiger partial charge in [0, 0.05) is 12.2 Å². The molecule has 1 N–H and O–H groups in total. The van der Waals surface area contributed by atoms with E-state index in [-0.39, 0.29) is 0 Å². The summed E-state index contributed by atoms with van der Waals surface area (Å²) in [5, 5.41) is 3.48. The van der Waals surface area contributed by atoms with E-state index < -0.39 is 0 Å². The first-order valence-electron chi connectivity index (χ1n) is 7.20. The standard InChI is InChI=1S/C15H25N3/c1-14-7-5-8-15(17-14)13-16-9-6-12-18-10-3-2-4-11-18/h5,7-8,16H,2-4,6,9-13H2,1H3. The molecule has 1 saturated heterocycles. The lowest BCUT2D eigenvalue weighted by molar-refractivity contribution is 0.225. The molecule has 0 amide bonds. The van der Waals surface area contributed by atoms with Gasteiger partial charge in [0.05, 0.1) is 5.69 Å². The molecule has 0 saturated carbocycles. The molecule has 0 spiro atoms. The monoisotopic (exact) mass is 247 g/mol. The van der Waals surface area contributed by atoms with Crippen molar-refractivity contribution in [2.45, 2.75) is 39.2 Å². The van der Waals surface area contributed by atoms with Crippen LogP contribution in [0.5, 0.6) is 0 Å². The summed E-state index contributed by atoms with van der Waals surface area (Å²) in [6, 6.07) is 6.21. The summed E-state index contributed by atoms with van der Waals surface area (Å²) in [5.41, 5.74) is 2.25. The van der Waals surface area contributed by atoms with E-state index in [1.807, 2.05) is 13.0 Å². The maximum Gasteiger partial charge on any atom is 0.0544 e. The van der Waals surface area contributed by atoms with Crippen molar-refractivity contribution in [1.82, 2.24) is 15.2 Å². The van der Waals surface area contributed by atoms with Gasteiger partial charge in [-0.2, -0.15) is 0 Å². The van der Waals surface area contributed by atoms with E-state index in [1.54, 1.807) is 0 Å². The Labute approximate surface area is 111 Å². The van der Waals surface area contributed by atoms with Crippen molar-refractivity contribution in [1.29, 1.82) is 0 Å². The van der Waals surface area contributed by atoms with E-state index in [4.69, 9.17) is 0 Å². The summed E-state index contributed by atoms with van der Waals surface area (Å²) in [5.74, 6) is 0. The number of likely N-dealkylation sites (tertiary alicyclic amines) is 1. The summed E-state index contributed by atoms with van der Waals surface area (Å²) in [7, 11) is 0. The van der Waals surface area contributed by atoms with Crippen molar-refractivity contribution in [3.8, 4) is 0 Å². The summed E-state index contributed by atoms with van der Waals surface area (Å²) in [6.45, 7) is 7.88. The Morgan fingerprint density at radius 1 is 1.22 bits per heavy atom. The quantitative estimate of drug-likeness (QED) is 0.782. The fourth-order valence-electron chi connectivity index (χ4n) is 2.53. The molecule has 1 aromatic rings. The third-order valence-corrected chi connectivity index (χ3v) is 3.53. The van der Waals surface area contributed by atoms with Gasteiger partial charge in [-0.1, -0.05) is 12.5 Å². The van der Waals surface area contributed by atoms with Gasteiger partial charge in [-0.3, -0.25) is 4.98 Å². The number of pyridine rings is 1. The molecule has 1 aliphatic rings. The zero-order chi connectivity index (χ0) is 12.6. The Kier molecular flexibility index (Phi) is 5.62. The van der Waals surface area contributed by atoms with Gasteiger partial charge in [-0.25, -0.2) is 0 Å². The Morgan fingerprint density at radius 2 is 2.06 bits per heavy atom. The molecule has 1 aromatic heterocycles. The molecule has 0 bridgehead atoms. The van der Waals surface area contributed by atoms with Crippen LogP contribution in [0.2, 0.25) is 0 Å². The predicted octanol–water partition coefficient (Wildman–Crippen LogP) is 2.36. The highest BCUT2D eigenvalue weighted by molar-refractivity contribution is 5.09. The highest BCUT2D eigenvalue weighted by Crippen LogP contribution is 2.08. The van der Waals surface area contributed by atoms with Gasteiger partial charge in [0.15, 0.2) is 0 Å². The minimum Gasteiger partial charge on any atom is -0.311 e. The Balaban J connectivity index is 1.55. The van der Waals surface area contributed by atoms with Crippen LogP contribution in [0, 0.1) is 6.92 Å². The number of aryl methyl sites for hydroxylation is 1. The molecule has 0 aromatic carbocycles. The Morgan fingerprint density at radius 3 is 2.83 bits per heavy atom. The van der Waals surface area contributed by atoms with Crippen LogP contribution >= 0.6 is 0 Å².